The van der Waals surface area contributed by atoms with Gasteiger partial charge in [0.1, 0.15) is 0 Å². The van der Waals surface area contributed by atoms with Gasteiger partial charge in [-0.25, -0.2) is 4.79 Å². The zero-order valence-electron chi connectivity index (χ0n) is 7.70. The molecule has 0 aromatic carbocycles. The van der Waals surface area contributed by atoms with E-state index in [4.69, 9.17) is 0 Å². The van der Waals surface area contributed by atoms with E-state index in [0.717, 1.165) is 0 Å². The Kier molecular flexibility index (Phi) is 5.70. The SMILES string of the molecule is COC(=O)/C=C/C=C/C=C(C)C. The summed E-state index contributed by atoms with van der Waals surface area (Å²) in [6, 6.07) is 0. The molecule has 0 aromatic heterocycles. The van der Waals surface area contributed by atoms with Crippen molar-refractivity contribution >= 4 is 5.97 Å². The van der Waals surface area contributed by atoms with E-state index in [9.17, 15) is 4.79 Å². The van der Waals surface area contributed by atoms with Crippen LogP contribution in [0.1, 0.15) is 13.8 Å². The van der Waals surface area contributed by atoms with Gasteiger partial charge in [0, 0.05) is 6.08 Å². The first-order valence-corrected chi connectivity index (χ1v) is 3.73. The molecule has 2 heteroatoms. The van der Waals surface area contributed by atoms with E-state index < -0.39 is 0 Å². The van der Waals surface area contributed by atoms with Gasteiger partial charge in [0.15, 0.2) is 0 Å². The maximum Gasteiger partial charge on any atom is 0.330 e. The molecular weight excluding hydrogens is 152 g/mol. The largest absolute Gasteiger partial charge is 0.466 e. The Hall–Kier alpha value is -1.31. The van der Waals surface area contributed by atoms with Crippen LogP contribution in [0.25, 0.3) is 0 Å². The second kappa shape index (κ2) is 6.40. The molecule has 0 N–H and O–H groups in total. The second-order valence-corrected chi connectivity index (χ2v) is 2.51. The van der Waals surface area contributed by atoms with Crippen LogP contribution < -0.4 is 0 Å². The fourth-order valence-corrected chi connectivity index (χ4v) is 0.514. The number of ether oxygens (including phenoxy) is 1. The van der Waals surface area contributed by atoms with Crippen molar-refractivity contribution in [3.05, 3.63) is 36.0 Å². The standard InChI is InChI=1S/C10H14O2/c1-9(2)7-5-4-6-8-10(11)12-3/h4-8H,1-3H3/b5-4+,8-6+. The highest BCUT2D eigenvalue weighted by atomic mass is 16.5. The van der Waals surface area contributed by atoms with Gasteiger partial charge in [-0.3, -0.25) is 0 Å². The molecule has 0 aliphatic carbocycles. The maximum atomic E-state index is 10.6. The Morgan fingerprint density at radius 1 is 1.17 bits per heavy atom. The van der Waals surface area contributed by atoms with Crippen molar-refractivity contribution < 1.29 is 9.53 Å². The Labute approximate surface area is 73.2 Å². The molecule has 0 aromatic rings. The summed E-state index contributed by atoms with van der Waals surface area (Å²) < 4.78 is 4.40. The zero-order valence-corrected chi connectivity index (χ0v) is 7.70. The van der Waals surface area contributed by atoms with E-state index in [2.05, 4.69) is 4.74 Å². The lowest BCUT2D eigenvalue weighted by Crippen LogP contribution is -1.92. The van der Waals surface area contributed by atoms with Crippen molar-refractivity contribution in [3.8, 4) is 0 Å². The average Bonchev–Trinajstić information content (AvgIpc) is 2.03. The number of esters is 1. The Bertz CT molecular complexity index is 218. The first-order chi connectivity index (χ1) is 5.66. The highest BCUT2D eigenvalue weighted by molar-refractivity contribution is 5.82. The quantitative estimate of drug-likeness (QED) is 0.365. The summed E-state index contributed by atoms with van der Waals surface area (Å²) in [6.07, 6.45) is 8.63. The number of methoxy groups -OCH3 is 1. The molecule has 66 valence electrons. The average molecular weight is 166 g/mol. The fraction of sp³-hybridized carbons (Fsp3) is 0.300. The van der Waals surface area contributed by atoms with Gasteiger partial charge in [0.2, 0.25) is 0 Å². The highest BCUT2D eigenvalue weighted by Crippen LogP contribution is 1.89. The van der Waals surface area contributed by atoms with Gasteiger partial charge in [-0.05, 0) is 13.8 Å². The number of rotatable bonds is 3. The maximum absolute atomic E-state index is 10.6. The zero-order chi connectivity index (χ0) is 9.40. The molecule has 0 aliphatic rings. The molecule has 0 radical (unpaired) electrons. The van der Waals surface area contributed by atoms with Crippen LogP contribution >= 0.6 is 0 Å². The first kappa shape index (κ1) is 10.7. The van der Waals surface area contributed by atoms with Gasteiger partial charge >= 0.3 is 5.97 Å². The van der Waals surface area contributed by atoms with Crippen LogP contribution in [0, 0.1) is 0 Å². The minimum absolute atomic E-state index is 0.336. The summed E-state index contributed by atoms with van der Waals surface area (Å²) in [7, 11) is 1.35. The van der Waals surface area contributed by atoms with Crippen molar-refractivity contribution in [2.75, 3.05) is 7.11 Å². The third kappa shape index (κ3) is 6.81. The van der Waals surface area contributed by atoms with Crippen molar-refractivity contribution in [1.29, 1.82) is 0 Å². The molecule has 0 atom stereocenters. The van der Waals surface area contributed by atoms with E-state index >= 15 is 0 Å². The number of hydrogen-bond acceptors (Lipinski definition) is 2. The third-order valence-corrected chi connectivity index (χ3v) is 1.09. The summed E-state index contributed by atoms with van der Waals surface area (Å²) in [4.78, 5) is 10.6. The minimum atomic E-state index is -0.336. The van der Waals surface area contributed by atoms with E-state index in [0.29, 0.717) is 0 Å². The van der Waals surface area contributed by atoms with Crippen molar-refractivity contribution in [2.24, 2.45) is 0 Å². The summed E-state index contributed by atoms with van der Waals surface area (Å²) in [5, 5.41) is 0. The topological polar surface area (TPSA) is 26.3 Å². The van der Waals surface area contributed by atoms with Crippen LogP contribution in [0.15, 0.2) is 36.0 Å². The summed E-state index contributed by atoms with van der Waals surface area (Å²) >= 11 is 0. The van der Waals surface area contributed by atoms with E-state index in [1.54, 1.807) is 12.2 Å². The van der Waals surface area contributed by atoms with Gasteiger partial charge in [0.25, 0.3) is 0 Å². The molecule has 0 amide bonds. The van der Waals surface area contributed by atoms with Crippen LogP contribution in [-0.2, 0) is 9.53 Å². The van der Waals surface area contributed by atoms with Crippen LogP contribution in [-0.4, -0.2) is 13.1 Å². The molecule has 0 unspecified atom stereocenters. The molecule has 0 bridgehead atoms. The smallest absolute Gasteiger partial charge is 0.330 e. The molecule has 12 heavy (non-hydrogen) atoms. The fourth-order valence-electron chi connectivity index (χ4n) is 0.514. The molecule has 0 saturated heterocycles. The van der Waals surface area contributed by atoms with Crippen molar-refractivity contribution in [2.45, 2.75) is 13.8 Å². The van der Waals surface area contributed by atoms with Crippen molar-refractivity contribution in [1.82, 2.24) is 0 Å². The van der Waals surface area contributed by atoms with Crippen LogP contribution in [0.3, 0.4) is 0 Å². The second-order valence-electron chi connectivity index (χ2n) is 2.51. The minimum Gasteiger partial charge on any atom is -0.466 e. The molecular formula is C10H14O2. The molecule has 0 saturated carbocycles. The first-order valence-electron chi connectivity index (χ1n) is 3.73. The summed E-state index contributed by atoms with van der Waals surface area (Å²) in [6.45, 7) is 4.02. The predicted molar refractivity (Wildman–Crippen MR) is 49.7 cm³/mol. The van der Waals surface area contributed by atoms with Gasteiger partial charge < -0.3 is 4.74 Å². The van der Waals surface area contributed by atoms with E-state index in [-0.39, 0.29) is 5.97 Å². The number of hydrogen-bond donors (Lipinski definition) is 0. The summed E-state index contributed by atoms with van der Waals surface area (Å²) in [5.41, 5.74) is 1.22. The normalized spacial score (nSPS) is 10.6. The lowest BCUT2D eigenvalue weighted by atomic mass is 10.3. The molecule has 0 heterocycles. The van der Waals surface area contributed by atoms with Crippen LogP contribution in [0.4, 0.5) is 0 Å². The molecule has 0 spiro atoms. The van der Waals surface area contributed by atoms with Crippen molar-refractivity contribution in [3.63, 3.8) is 0 Å². The third-order valence-electron chi connectivity index (χ3n) is 1.09. The van der Waals surface area contributed by atoms with Gasteiger partial charge in [-0.1, -0.05) is 29.9 Å². The van der Waals surface area contributed by atoms with Crippen LogP contribution in [0.2, 0.25) is 0 Å². The lowest BCUT2D eigenvalue weighted by molar-refractivity contribution is -0.134. The number of carbonyl (C=O) groups is 1. The van der Waals surface area contributed by atoms with E-state index in [1.165, 1.54) is 18.8 Å². The highest BCUT2D eigenvalue weighted by Gasteiger charge is 1.85. The predicted octanol–water partition coefficient (Wildman–Crippen LogP) is 2.24. The summed E-state index contributed by atoms with van der Waals surface area (Å²) in [5.74, 6) is -0.336. The Balaban J connectivity index is 3.82. The lowest BCUT2D eigenvalue weighted by Gasteiger charge is -1.86. The van der Waals surface area contributed by atoms with Gasteiger partial charge in [0.05, 0.1) is 7.11 Å². The van der Waals surface area contributed by atoms with Crippen LogP contribution in [0.5, 0.6) is 0 Å². The Morgan fingerprint density at radius 3 is 2.33 bits per heavy atom. The number of allylic oxidation sites excluding steroid dienone is 5. The number of carbonyl (C=O) groups excluding carboxylic acids is 1. The monoisotopic (exact) mass is 166 g/mol. The van der Waals surface area contributed by atoms with Gasteiger partial charge in [-0.15, -0.1) is 0 Å². The van der Waals surface area contributed by atoms with E-state index in [1.807, 2.05) is 26.0 Å². The molecule has 0 aliphatic heterocycles. The van der Waals surface area contributed by atoms with Gasteiger partial charge in [-0.2, -0.15) is 0 Å². The molecule has 2 nitrogen and oxygen atoms in total. The Morgan fingerprint density at radius 2 is 1.83 bits per heavy atom. The molecule has 0 fully saturated rings. The molecule has 0 rings (SSSR count).